The maximum absolute atomic E-state index is 13.3. The van der Waals surface area contributed by atoms with Crippen molar-refractivity contribution in [3.05, 3.63) is 89.1 Å². The van der Waals surface area contributed by atoms with Crippen LogP contribution in [-0.4, -0.2) is 38.1 Å². The first kappa shape index (κ1) is 22.9. The van der Waals surface area contributed by atoms with Gasteiger partial charge in [0.05, 0.1) is 23.9 Å². The minimum absolute atomic E-state index is 0.135. The molecule has 0 saturated carbocycles. The molecule has 0 radical (unpaired) electrons. The molecule has 7 nitrogen and oxygen atoms in total. The predicted molar refractivity (Wildman–Crippen MR) is 139 cm³/mol. The highest BCUT2D eigenvalue weighted by Gasteiger charge is 2.27. The Labute approximate surface area is 214 Å². The third-order valence-corrected chi connectivity index (χ3v) is 6.53. The number of benzene rings is 3. The van der Waals surface area contributed by atoms with E-state index >= 15 is 0 Å². The lowest BCUT2D eigenvalue weighted by molar-refractivity contribution is 0.0451. The normalized spacial score (nSPS) is 14.6. The second-order valence-corrected chi connectivity index (χ2v) is 8.77. The van der Waals surface area contributed by atoms with Gasteiger partial charge < -0.3 is 23.7 Å². The minimum atomic E-state index is -0.363. The number of nitrogens with zero attached hydrogens (tertiary/aromatic N) is 1. The Morgan fingerprint density at radius 2 is 1.76 bits per heavy atom. The zero-order valence-electron chi connectivity index (χ0n) is 20.4. The van der Waals surface area contributed by atoms with Crippen LogP contribution in [-0.2, 0) is 11.2 Å². The number of hydrogen-bond donors (Lipinski definition) is 0. The average Bonchev–Trinajstić information content (AvgIpc) is 3.56. The number of pyridine rings is 1. The molecule has 6 rings (SSSR count). The SMILES string of the molecule is COc1ccc(OCCOC(=O)c2c3c(nc4ccccc24)C(=Cc2ccc4c(c2)OCO4)CC3)cc1. The molecule has 0 bridgehead atoms. The summed E-state index contributed by atoms with van der Waals surface area (Å²) in [5.74, 6) is 2.56. The molecule has 1 aliphatic heterocycles. The van der Waals surface area contributed by atoms with Crippen molar-refractivity contribution >= 4 is 28.5 Å². The molecule has 0 amide bonds. The van der Waals surface area contributed by atoms with Gasteiger partial charge in [0.15, 0.2) is 11.5 Å². The van der Waals surface area contributed by atoms with E-state index in [1.807, 2.05) is 66.7 Å². The van der Waals surface area contributed by atoms with Crippen molar-refractivity contribution in [2.45, 2.75) is 12.8 Å². The summed E-state index contributed by atoms with van der Waals surface area (Å²) in [5, 5.41) is 0.798. The van der Waals surface area contributed by atoms with Crippen LogP contribution in [0.15, 0.2) is 66.7 Å². The van der Waals surface area contributed by atoms with Crippen molar-refractivity contribution in [3.63, 3.8) is 0 Å². The Balaban J connectivity index is 1.24. The number of fused-ring (bicyclic) bond motifs is 3. The Bertz CT molecular complexity index is 1510. The van der Waals surface area contributed by atoms with E-state index < -0.39 is 0 Å². The van der Waals surface area contributed by atoms with Crippen molar-refractivity contribution < 1.29 is 28.5 Å². The fourth-order valence-electron chi connectivity index (χ4n) is 4.75. The molecular formula is C30H25NO6. The maximum Gasteiger partial charge on any atom is 0.339 e. The summed E-state index contributed by atoms with van der Waals surface area (Å²) in [6.45, 7) is 0.622. The molecule has 2 heterocycles. The van der Waals surface area contributed by atoms with Gasteiger partial charge in [-0.3, -0.25) is 0 Å². The number of esters is 1. The number of rotatable bonds is 7. The zero-order chi connectivity index (χ0) is 25.2. The van der Waals surface area contributed by atoms with Crippen LogP contribution in [0.2, 0.25) is 0 Å². The van der Waals surface area contributed by atoms with Crippen LogP contribution >= 0.6 is 0 Å². The van der Waals surface area contributed by atoms with Crippen LogP contribution in [0.5, 0.6) is 23.0 Å². The number of hydrogen-bond acceptors (Lipinski definition) is 7. The van der Waals surface area contributed by atoms with E-state index in [0.717, 1.165) is 63.4 Å². The van der Waals surface area contributed by atoms with E-state index in [1.165, 1.54) is 0 Å². The number of carbonyl (C=O) groups is 1. The fourth-order valence-corrected chi connectivity index (χ4v) is 4.75. The number of methoxy groups -OCH3 is 1. The third kappa shape index (κ3) is 4.56. The minimum Gasteiger partial charge on any atom is -0.497 e. The molecule has 0 saturated heterocycles. The summed E-state index contributed by atoms with van der Waals surface area (Å²) in [6, 6.07) is 20.8. The number of allylic oxidation sites excluding steroid dienone is 1. The van der Waals surface area contributed by atoms with Gasteiger partial charge in [-0.1, -0.05) is 24.3 Å². The van der Waals surface area contributed by atoms with E-state index in [1.54, 1.807) is 7.11 Å². The second-order valence-electron chi connectivity index (χ2n) is 8.77. The van der Waals surface area contributed by atoms with Gasteiger partial charge in [-0.25, -0.2) is 9.78 Å². The maximum atomic E-state index is 13.3. The standard InChI is InChI=1S/C30H25NO6/c1-33-21-8-10-22(11-9-21)34-14-15-35-30(32)28-23-4-2-3-5-25(23)31-29-20(7-12-24(28)29)16-19-6-13-26-27(17-19)37-18-36-26/h2-6,8-11,13,16-17H,7,12,14-15,18H2,1H3. The monoisotopic (exact) mass is 495 g/mol. The second kappa shape index (κ2) is 9.85. The van der Waals surface area contributed by atoms with E-state index in [2.05, 4.69) is 6.08 Å². The van der Waals surface area contributed by atoms with Crippen molar-refractivity contribution in [1.82, 2.24) is 4.98 Å². The molecule has 4 aromatic rings. The smallest absolute Gasteiger partial charge is 0.339 e. The van der Waals surface area contributed by atoms with Gasteiger partial charge in [-0.2, -0.15) is 0 Å². The summed E-state index contributed by atoms with van der Waals surface area (Å²) >= 11 is 0. The molecule has 1 aliphatic carbocycles. The van der Waals surface area contributed by atoms with E-state index in [0.29, 0.717) is 11.3 Å². The highest BCUT2D eigenvalue weighted by Crippen LogP contribution is 2.39. The first-order valence-corrected chi connectivity index (χ1v) is 12.2. The predicted octanol–water partition coefficient (Wildman–Crippen LogP) is 5.69. The lowest BCUT2D eigenvalue weighted by Gasteiger charge is -2.13. The Morgan fingerprint density at radius 3 is 2.62 bits per heavy atom. The number of carbonyl (C=O) groups excluding carboxylic acids is 1. The summed E-state index contributed by atoms with van der Waals surface area (Å²) < 4.78 is 27.5. The van der Waals surface area contributed by atoms with E-state index in [-0.39, 0.29) is 26.0 Å². The van der Waals surface area contributed by atoms with Gasteiger partial charge in [0.1, 0.15) is 24.7 Å². The largest absolute Gasteiger partial charge is 0.497 e. The topological polar surface area (TPSA) is 76.1 Å². The lowest BCUT2D eigenvalue weighted by Crippen LogP contribution is -2.15. The van der Waals surface area contributed by atoms with Crippen molar-refractivity contribution in [3.8, 4) is 23.0 Å². The van der Waals surface area contributed by atoms with E-state index in [9.17, 15) is 4.79 Å². The number of aromatic nitrogens is 1. The van der Waals surface area contributed by atoms with Crippen molar-refractivity contribution in [2.24, 2.45) is 0 Å². The molecule has 186 valence electrons. The summed E-state index contributed by atoms with van der Waals surface area (Å²) in [5.41, 5.74) is 5.20. The average molecular weight is 496 g/mol. The quantitative estimate of drug-likeness (QED) is 0.241. The Morgan fingerprint density at radius 1 is 0.946 bits per heavy atom. The molecule has 1 aromatic heterocycles. The highest BCUT2D eigenvalue weighted by atomic mass is 16.7. The highest BCUT2D eigenvalue weighted by molar-refractivity contribution is 6.07. The summed E-state index contributed by atoms with van der Waals surface area (Å²) in [7, 11) is 1.62. The van der Waals surface area contributed by atoms with Crippen LogP contribution in [0.3, 0.4) is 0 Å². The van der Waals surface area contributed by atoms with Gasteiger partial charge in [0.2, 0.25) is 6.79 Å². The van der Waals surface area contributed by atoms with Crippen LogP contribution in [0, 0.1) is 0 Å². The molecule has 2 aliphatic rings. The summed E-state index contributed by atoms with van der Waals surface area (Å²) in [6.07, 6.45) is 3.61. The Kier molecular flexibility index (Phi) is 6.10. The molecule has 0 unspecified atom stereocenters. The molecule has 0 spiro atoms. The van der Waals surface area contributed by atoms with Crippen LogP contribution in [0.1, 0.15) is 33.6 Å². The zero-order valence-corrected chi connectivity index (χ0v) is 20.4. The molecule has 37 heavy (non-hydrogen) atoms. The van der Waals surface area contributed by atoms with Gasteiger partial charge in [-0.15, -0.1) is 0 Å². The third-order valence-electron chi connectivity index (χ3n) is 6.53. The molecule has 3 aromatic carbocycles. The Hall–Kier alpha value is -4.52. The first-order valence-electron chi connectivity index (χ1n) is 12.2. The van der Waals surface area contributed by atoms with Crippen LogP contribution in [0.25, 0.3) is 22.6 Å². The molecular weight excluding hydrogens is 470 g/mol. The van der Waals surface area contributed by atoms with Crippen molar-refractivity contribution in [2.75, 3.05) is 27.1 Å². The molecule has 0 fully saturated rings. The van der Waals surface area contributed by atoms with Gasteiger partial charge in [-0.05, 0) is 78.1 Å². The number of para-hydroxylation sites is 1. The van der Waals surface area contributed by atoms with Crippen LogP contribution < -0.4 is 18.9 Å². The first-order chi connectivity index (χ1) is 18.2. The van der Waals surface area contributed by atoms with Crippen molar-refractivity contribution in [1.29, 1.82) is 0 Å². The number of ether oxygens (including phenoxy) is 5. The van der Waals surface area contributed by atoms with Crippen LogP contribution in [0.4, 0.5) is 0 Å². The molecule has 7 heteroatoms. The fraction of sp³-hybridized carbons (Fsp3) is 0.200. The molecule has 0 N–H and O–H groups in total. The van der Waals surface area contributed by atoms with Gasteiger partial charge in [0, 0.05) is 5.39 Å². The lowest BCUT2D eigenvalue weighted by atomic mass is 10.0. The van der Waals surface area contributed by atoms with Gasteiger partial charge in [0.25, 0.3) is 0 Å². The van der Waals surface area contributed by atoms with E-state index in [4.69, 9.17) is 28.7 Å². The molecule has 0 atom stereocenters. The van der Waals surface area contributed by atoms with Gasteiger partial charge >= 0.3 is 5.97 Å². The summed E-state index contributed by atoms with van der Waals surface area (Å²) in [4.78, 5) is 18.3.